The summed E-state index contributed by atoms with van der Waals surface area (Å²) in [5.74, 6) is -0.0699. The second-order valence-electron chi connectivity index (χ2n) is 6.07. The lowest BCUT2D eigenvalue weighted by molar-refractivity contribution is 0.0566. The summed E-state index contributed by atoms with van der Waals surface area (Å²) in [4.78, 5) is 34.3. The Balaban J connectivity index is 1.61. The Morgan fingerprint density at radius 3 is 2.42 bits per heavy atom. The Bertz CT molecular complexity index is 593. The molecule has 0 N–H and O–H groups in total. The van der Waals surface area contributed by atoms with Crippen LogP contribution in [0.3, 0.4) is 0 Å². The normalized spacial score (nSPS) is 18.0. The molecule has 2 aliphatic heterocycles. The number of carbonyl (C=O) groups is 2. The number of hydrogen-bond acceptors (Lipinski definition) is 5. The van der Waals surface area contributed by atoms with Crippen LogP contribution in [0.5, 0.6) is 0 Å². The Hall–Kier alpha value is -2.31. The first-order valence-electron chi connectivity index (χ1n) is 8.61. The van der Waals surface area contributed by atoms with E-state index in [1.54, 1.807) is 22.9 Å². The fraction of sp³-hybridized carbons (Fsp3) is 0.588. The van der Waals surface area contributed by atoms with Crippen LogP contribution in [0.4, 0.5) is 10.5 Å². The molecule has 3 rings (SSSR count). The number of anilines is 1. The zero-order valence-corrected chi connectivity index (χ0v) is 14.1. The molecular formula is C17H24N4O3. The first kappa shape index (κ1) is 16.5. The van der Waals surface area contributed by atoms with Gasteiger partial charge >= 0.3 is 6.09 Å². The van der Waals surface area contributed by atoms with Gasteiger partial charge in [-0.05, 0) is 31.9 Å². The molecule has 2 amide bonds. The average molecular weight is 332 g/mol. The highest BCUT2D eigenvalue weighted by Crippen LogP contribution is 2.21. The van der Waals surface area contributed by atoms with Gasteiger partial charge < -0.3 is 19.4 Å². The minimum Gasteiger partial charge on any atom is -0.450 e. The fourth-order valence-electron chi connectivity index (χ4n) is 3.18. The number of rotatable bonds is 3. The number of aromatic nitrogens is 1. The summed E-state index contributed by atoms with van der Waals surface area (Å²) in [6, 6.07) is 3.84. The second-order valence-corrected chi connectivity index (χ2v) is 6.07. The van der Waals surface area contributed by atoms with Gasteiger partial charge in [0, 0.05) is 51.2 Å². The summed E-state index contributed by atoms with van der Waals surface area (Å²) in [5, 5.41) is 0. The summed E-state index contributed by atoms with van der Waals surface area (Å²) in [6.45, 7) is 6.24. The predicted molar refractivity (Wildman–Crippen MR) is 90.2 cm³/mol. The Labute approximate surface area is 142 Å². The van der Waals surface area contributed by atoms with E-state index in [-0.39, 0.29) is 12.0 Å². The highest BCUT2D eigenvalue weighted by Gasteiger charge is 2.26. The van der Waals surface area contributed by atoms with Crippen molar-refractivity contribution in [2.24, 2.45) is 0 Å². The summed E-state index contributed by atoms with van der Waals surface area (Å²) in [5.41, 5.74) is 1.54. The maximum absolute atomic E-state index is 12.7. The van der Waals surface area contributed by atoms with Crippen LogP contribution in [0, 0.1) is 0 Å². The zero-order chi connectivity index (χ0) is 16.9. The number of nitrogens with zero attached hydrogens (tertiary/aromatic N) is 4. The van der Waals surface area contributed by atoms with Crippen molar-refractivity contribution in [1.82, 2.24) is 14.8 Å². The van der Waals surface area contributed by atoms with Crippen molar-refractivity contribution < 1.29 is 14.3 Å². The van der Waals surface area contributed by atoms with E-state index in [1.807, 2.05) is 12.1 Å². The SMILES string of the molecule is CCOC(=O)N1CCN(C(=O)c2cc(N3CCCC3)ccn2)CC1. The molecule has 0 spiro atoms. The molecule has 3 heterocycles. The molecule has 0 bridgehead atoms. The molecule has 0 atom stereocenters. The fourth-order valence-corrected chi connectivity index (χ4v) is 3.18. The highest BCUT2D eigenvalue weighted by molar-refractivity contribution is 5.93. The van der Waals surface area contributed by atoms with E-state index < -0.39 is 0 Å². The van der Waals surface area contributed by atoms with Crippen molar-refractivity contribution in [2.75, 3.05) is 50.8 Å². The van der Waals surface area contributed by atoms with Crippen molar-refractivity contribution >= 4 is 17.7 Å². The van der Waals surface area contributed by atoms with Crippen molar-refractivity contribution in [3.05, 3.63) is 24.0 Å². The quantitative estimate of drug-likeness (QED) is 0.841. The molecule has 130 valence electrons. The minimum atomic E-state index is -0.307. The van der Waals surface area contributed by atoms with Crippen molar-refractivity contribution in [3.63, 3.8) is 0 Å². The molecule has 1 aromatic rings. The molecule has 2 fully saturated rings. The van der Waals surface area contributed by atoms with Crippen LogP contribution < -0.4 is 4.90 Å². The van der Waals surface area contributed by atoms with Gasteiger partial charge in [-0.1, -0.05) is 0 Å². The predicted octanol–water partition coefficient (Wildman–Crippen LogP) is 1.60. The summed E-state index contributed by atoms with van der Waals surface area (Å²) in [7, 11) is 0. The molecule has 0 aliphatic carbocycles. The van der Waals surface area contributed by atoms with E-state index in [9.17, 15) is 9.59 Å². The number of ether oxygens (including phenoxy) is 1. The third-order valence-electron chi connectivity index (χ3n) is 4.53. The van der Waals surface area contributed by atoms with E-state index >= 15 is 0 Å². The number of piperazine rings is 1. The van der Waals surface area contributed by atoms with Gasteiger partial charge in [0.15, 0.2) is 0 Å². The van der Waals surface area contributed by atoms with Crippen molar-refractivity contribution in [2.45, 2.75) is 19.8 Å². The molecule has 0 saturated carbocycles. The lowest BCUT2D eigenvalue weighted by Crippen LogP contribution is -2.50. The molecule has 7 nitrogen and oxygen atoms in total. The topological polar surface area (TPSA) is 66.0 Å². The van der Waals surface area contributed by atoms with Crippen LogP contribution in [-0.2, 0) is 4.74 Å². The number of amides is 2. The van der Waals surface area contributed by atoms with Crippen LogP contribution in [0.25, 0.3) is 0 Å². The van der Waals surface area contributed by atoms with Crippen molar-refractivity contribution in [1.29, 1.82) is 0 Å². The maximum atomic E-state index is 12.7. The molecule has 2 saturated heterocycles. The largest absolute Gasteiger partial charge is 0.450 e. The second kappa shape index (κ2) is 7.51. The number of hydrogen-bond donors (Lipinski definition) is 0. The van der Waals surface area contributed by atoms with Crippen LogP contribution >= 0.6 is 0 Å². The van der Waals surface area contributed by atoms with Crippen LogP contribution in [-0.4, -0.2) is 72.7 Å². The van der Waals surface area contributed by atoms with Gasteiger partial charge in [0.2, 0.25) is 0 Å². The van der Waals surface area contributed by atoms with E-state index in [0.717, 1.165) is 18.8 Å². The van der Waals surface area contributed by atoms with Gasteiger partial charge in [-0.25, -0.2) is 4.79 Å². The van der Waals surface area contributed by atoms with Crippen LogP contribution in [0.1, 0.15) is 30.3 Å². The first-order valence-corrected chi connectivity index (χ1v) is 8.61. The van der Waals surface area contributed by atoms with Gasteiger partial charge in [-0.2, -0.15) is 0 Å². The smallest absolute Gasteiger partial charge is 0.409 e. The van der Waals surface area contributed by atoms with E-state index in [2.05, 4.69) is 9.88 Å². The van der Waals surface area contributed by atoms with E-state index in [0.29, 0.717) is 38.5 Å². The average Bonchev–Trinajstić information content (AvgIpc) is 3.16. The Kier molecular flexibility index (Phi) is 5.17. The molecule has 1 aromatic heterocycles. The molecule has 0 unspecified atom stereocenters. The monoisotopic (exact) mass is 332 g/mol. The van der Waals surface area contributed by atoms with Crippen LogP contribution in [0.2, 0.25) is 0 Å². The Morgan fingerprint density at radius 2 is 1.75 bits per heavy atom. The molecule has 2 aliphatic rings. The number of pyridine rings is 1. The van der Waals surface area contributed by atoms with Gasteiger partial charge in [0.05, 0.1) is 6.61 Å². The third kappa shape index (κ3) is 3.60. The zero-order valence-electron chi connectivity index (χ0n) is 14.1. The Morgan fingerprint density at radius 1 is 1.08 bits per heavy atom. The highest BCUT2D eigenvalue weighted by atomic mass is 16.6. The first-order chi connectivity index (χ1) is 11.7. The molecule has 0 aromatic carbocycles. The molecule has 7 heteroatoms. The van der Waals surface area contributed by atoms with Gasteiger partial charge in [0.25, 0.3) is 5.91 Å². The molecule has 0 radical (unpaired) electrons. The molecule has 24 heavy (non-hydrogen) atoms. The van der Waals surface area contributed by atoms with Gasteiger partial charge in [-0.15, -0.1) is 0 Å². The van der Waals surface area contributed by atoms with Gasteiger partial charge in [0.1, 0.15) is 5.69 Å². The lowest BCUT2D eigenvalue weighted by Gasteiger charge is -2.34. The summed E-state index contributed by atoms with van der Waals surface area (Å²) in [6.07, 6.45) is 3.79. The van der Waals surface area contributed by atoms with E-state index in [4.69, 9.17) is 4.74 Å². The number of carbonyl (C=O) groups excluding carboxylic acids is 2. The summed E-state index contributed by atoms with van der Waals surface area (Å²) < 4.78 is 5.00. The standard InChI is InChI=1S/C17H24N4O3/c1-2-24-17(23)21-11-9-20(10-12-21)16(22)15-13-14(5-6-18-15)19-7-3-4-8-19/h5-6,13H,2-4,7-12H2,1H3. The third-order valence-corrected chi connectivity index (χ3v) is 4.53. The van der Waals surface area contributed by atoms with Crippen LogP contribution in [0.15, 0.2) is 18.3 Å². The maximum Gasteiger partial charge on any atom is 0.409 e. The minimum absolute atomic E-state index is 0.0699. The molecular weight excluding hydrogens is 308 g/mol. The van der Waals surface area contributed by atoms with Crippen molar-refractivity contribution in [3.8, 4) is 0 Å². The lowest BCUT2D eigenvalue weighted by atomic mass is 10.2. The van der Waals surface area contributed by atoms with Gasteiger partial charge in [-0.3, -0.25) is 9.78 Å². The summed E-state index contributed by atoms with van der Waals surface area (Å²) >= 11 is 0. The van der Waals surface area contributed by atoms with E-state index in [1.165, 1.54) is 12.8 Å².